The van der Waals surface area contributed by atoms with Gasteiger partial charge in [0.1, 0.15) is 0 Å². The Labute approximate surface area is 116 Å². The van der Waals surface area contributed by atoms with E-state index in [4.69, 9.17) is 17.3 Å². The number of halogens is 1. The van der Waals surface area contributed by atoms with Crippen LogP contribution < -0.4 is 5.73 Å². The van der Waals surface area contributed by atoms with Gasteiger partial charge in [0.15, 0.2) is 0 Å². The second-order valence-corrected chi connectivity index (χ2v) is 5.85. The van der Waals surface area contributed by atoms with Crippen molar-refractivity contribution >= 4 is 28.6 Å². The Balaban J connectivity index is 2.22. The number of hydrogen-bond donors (Lipinski definition) is 2. The topological polar surface area (TPSA) is 46.2 Å². The average molecular weight is 280 g/mol. The standard InChI is InChI=1S/C14H14ClNOS/c1-8-3-4-10(14(16)9(8)2)7-11(17)12-5-6-13(15)18-12/h3-7,11,17H,1,16H2,2H3. The van der Waals surface area contributed by atoms with Gasteiger partial charge in [-0.05, 0) is 42.7 Å². The van der Waals surface area contributed by atoms with E-state index in [1.54, 1.807) is 12.5 Å². The van der Waals surface area contributed by atoms with Crippen LogP contribution in [0.5, 0.6) is 0 Å². The molecule has 1 aromatic carbocycles. The summed E-state index contributed by atoms with van der Waals surface area (Å²) in [6.07, 6.45) is 1.03. The smallest absolute Gasteiger partial charge is 0.0958 e. The minimum Gasteiger partial charge on any atom is -0.398 e. The van der Waals surface area contributed by atoms with Gasteiger partial charge in [0.25, 0.3) is 0 Å². The number of aliphatic hydroxyl groups excluding tert-OH is 1. The van der Waals surface area contributed by atoms with E-state index in [-0.39, 0.29) is 0 Å². The number of thiophene rings is 1. The van der Waals surface area contributed by atoms with E-state index in [1.807, 2.05) is 25.1 Å². The van der Waals surface area contributed by atoms with Gasteiger partial charge in [-0.15, -0.1) is 11.3 Å². The summed E-state index contributed by atoms with van der Waals surface area (Å²) in [5.74, 6) is 0. The van der Waals surface area contributed by atoms with Gasteiger partial charge in [-0.3, -0.25) is 0 Å². The molecule has 2 nitrogen and oxygen atoms in total. The molecule has 0 amide bonds. The molecule has 0 bridgehead atoms. The lowest BCUT2D eigenvalue weighted by Gasteiger charge is -2.13. The summed E-state index contributed by atoms with van der Waals surface area (Å²) in [5.41, 5.74) is 9.33. The maximum absolute atomic E-state index is 10.1. The van der Waals surface area contributed by atoms with Crippen molar-refractivity contribution < 1.29 is 5.11 Å². The highest BCUT2D eigenvalue weighted by molar-refractivity contribution is 7.16. The molecule has 1 aromatic heterocycles. The number of nitrogen functional groups attached to an aromatic ring is 1. The van der Waals surface area contributed by atoms with Crippen LogP contribution in [0.1, 0.15) is 27.7 Å². The summed E-state index contributed by atoms with van der Waals surface area (Å²) in [6.45, 7) is 5.81. The number of aliphatic hydroxyl groups is 1. The zero-order valence-corrected chi connectivity index (χ0v) is 11.6. The van der Waals surface area contributed by atoms with Gasteiger partial charge in [0.2, 0.25) is 0 Å². The van der Waals surface area contributed by atoms with Crippen LogP contribution in [0.4, 0.5) is 5.69 Å². The number of benzene rings is 1. The molecule has 0 aliphatic carbocycles. The highest BCUT2D eigenvalue weighted by Gasteiger charge is 2.14. The number of anilines is 1. The fourth-order valence-electron chi connectivity index (χ4n) is 1.68. The number of rotatable bonds is 3. The molecule has 0 spiro atoms. The second kappa shape index (κ2) is 5.31. The SMILES string of the molecule is [CH2]c1ccc([CH]C(O)c2ccc(Cl)s2)c(N)c1C. The average Bonchev–Trinajstić information content (AvgIpc) is 2.77. The fourth-order valence-corrected chi connectivity index (χ4v) is 2.70. The minimum atomic E-state index is -0.695. The molecule has 0 fully saturated rings. The van der Waals surface area contributed by atoms with Crippen LogP contribution in [0.3, 0.4) is 0 Å². The molecule has 1 unspecified atom stereocenters. The van der Waals surface area contributed by atoms with Gasteiger partial charge >= 0.3 is 0 Å². The van der Waals surface area contributed by atoms with E-state index in [2.05, 4.69) is 6.92 Å². The van der Waals surface area contributed by atoms with Crippen molar-refractivity contribution in [3.8, 4) is 0 Å². The third-order valence-corrected chi connectivity index (χ3v) is 4.19. The zero-order valence-electron chi connectivity index (χ0n) is 9.98. The molecule has 0 saturated carbocycles. The summed E-state index contributed by atoms with van der Waals surface area (Å²) in [7, 11) is 0. The minimum absolute atomic E-state index is 0.657. The van der Waals surface area contributed by atoms with Gasteiger partial charge < -0.3 is 10.8 Å². The van der Waals surface area contributed by atoms with E-state index in [0.29, 0.717) is 10.0 Å². The lowest BCUT2D eigenvalue weighted by Crippen LogP contribution is -2.03. The van der Waals surface area contributed by atoms with Crippen molar-refractivity contribution in [2.24, 2.45) is 0 Å². The van der Waals surface area contributed by atoms with Gasteiger partial charge in [-0.25, -0.2) is 0 Å². The molecule has 18 heavy (non-hydrogen) atoms. The Morgan fingerprint density at radius 2 is 2.11 bits per heavy atom. The quantitative estimate of drug-likeness (QED) is 0.841. The van der Waals surface area contributed by atoms with Crippen LogP contribution in [-0.4, -0.2) is 5.11 Å². The van der Waals surface area contributed by atoms with E-state index in [9.17, 15) is 5.11 Å². The van der Waals surface area contributed by atoms with Gasteiger partial charge in [-0.1, -0.05) is 23.7 Å². The second-order valence-electron chi connectivity index (χ2n) is 4.11. The summed E-state index contributed by atoms with van der Waals surface area (Å²) in [5, 5.41) is 10.1. The predicted octanol–water partition coefficient (Wildman–Crippen LogP) is 3.76. The van der Waals surface area contributed by atoms with Crippen LogP contribution in [-0.2, 0) is 0 Å². The van der Waals surface area contributed by atoms with Crippen LogP contribution in [0.25, 0.3) is 0 Å². The molecule has 2 aromatic rings. The van der Waals surface area contributed by atoms with Crippen LogP contribution in [0.2, 0.25) is 4.34 Å². The highest BCUT2D eigenvalue weighted by atomic mass is 35.5. The van der Waals surface area contributed by atoms with Gasteiger partial charge in [0.05, 0.1) is 10.4 Å². The first-order valence-electron chi connectivity index (χ1n) is 5.48. The third-order valence-electron chi connectivity index (χ3n) is 2.88. The fraction of sp³-hybridized carbons (Fsp3) is 0.143. The van der Waals surface area contributed by atoms with Crippen molar-refractivity contribution in [1.29, 1.82) is 0 Å². The molecule has 1 heterocycles. The monoisotopic (exact) mass is 279 g/mol. The van der Waals surface area contributed by atoms with Crippen molar-refractivity contribution in [3.05, 3.63) is 63.5 Å². The molecule has 94 valence electrons. The van der Waals surface area contributed by atoms with Gasteiger partial charge in [-0.2, -0.15) is 0 Å². The van der Waals surface area contributed by atoms with E-state index in [1.165, 1.54) is 11.3 Å². The molecule has 2 radical (unpaired) electrons. The van der Waals surface area contributed by atoms with Crippen molar-refractivity contribution in [3.63, 3.8) is 0 Å². The molecule has 2 rings (SSSR count). The molecule has 0 aliphatic rings. The van der Waals surface area contributed by atoms with Gasteiger partial charge in [0, 0.05) is 17.0 Å². The first-order chi connectivity index (χ1) is 8.49. The normalized spacial score (nSPS) is 12.7. The number of hydrogen-bond acceptors (Lipinski definition) is 3. The third kappa shape index (κ3) is 2.69. The Kier molecular flexibility index (Phi) is 3.95. The van der Waals surface area contributed by atoms with E-state index < -0.39 is 6.10 Å². The molecular formula is C14H14ClNOS. The zero-order chi connectivity index (χ0) is 13.3. The molecule has 3 N–H and O–H groups in total. The Hall–Kier alpha value is -1.03. The summed E-state index contributed by atoms with van der Waals surface area (Å²) in [4.78, 5) is 0.802. The molecule has 4 heteroatoms. The Bertz CT molecular complexity index is 565. The highest BCUT2D eigenvalue weighted by Crippen LogP contribution is 2.32. The Morgan fingerprint density at radius 1 is 1.39 bits per heavy atom. The Morgan fingerprint density at radius 3 is 2.72 bits per heavy atom. The maximum atomic E-state index is 10.1. The molecule has 0 saturated heterocycles. The van der Waals surface area contributed by atoms with Crippen LogP contribution in [0.15, 0.2) is 24.3 Å². The van der Waals surface area contributed by atoms with Crippen molar-refractivity contribution in [2.75, 3.05) is 5.73 Å². The number of nitrogens with two attached hydrogens (primary N) is 1. The van der Waals surface area contributed by atoms with E-state index >= 15 is 0 Å². The molecular weight excluding hydrogens is 266 g/mol. The first kappa shape index (κ1) is 13.4. The van der Waals surface area contributed by atoms with Crippen LogP contribution >= 0.6 is 22.9 Å². The summed E-state index contributed by atoms with van der Waals surface area (Å²) >= 11 is 7.20. The van der Waals surface area contributed by atoms with Crippen LogP contribution in [0, 0.1) is 20.3 Å². The largest absolute Gasteiger partial charge is 0.398 e. The predicted molar refractivity (Wildman–Crippen MR) is 77.7 cm³/mol. The summed E-state index contributed by atoms with van der Waals surface area (Å²) in [6, 6.07) is 7.34. The summed E-state index contributed by atoms with van der Waals surface area (Å²) < 4.78 is 0.662. The first-order valence-corrected chi connectivity index (χ1v) is 6.67. The lowest BCUT2D eigenvalue weighted by molar-refractivity contribution is 0.219. The maximum Gasteiger partial charge on any atom is 0.0958 e. The molecule has 0 aliphatic heterocycles. The van der Waals surface area contributed by atoms with Crippen molar-refractivity contribution in [1.82, 2.24) is 0 Å². The van der Waals surface area contributed by atoms with Crippen molar-refractivity contribution in [2.45, 2.75) is 13.0 Å². The molecule has 1 atom stereocenters. The lowest BCUT2D eigenvalue weighted by atomic mass is 9.99. The van der Waals surface area contributed by atoms with E-state index in [0.717, 1.165) is 21.6 Å².